The monoisotopic (exact) mass is 287 g/mol. The van der Waals surface area contributed by atoms with Crippen LogP contribution >= 0.6 is 0 Å². The second kappa shape index (κ2) is 6.17. The first-order valence-corrected chi connectivity index (χ1v) is 6.48. The first-order chi connectivity index (χ1) is 10.0. The number of methoxy groups -OCH3 is 1. The molecule has 3 N–H and O–H groups in total. The molecule has 0 saturated carbocycles. The smallest absolute Gasteiger partial charge is 0.339 e. The highest BCUT2D eigenvalue weighted by atomic mass is 16.5. The van der Waals surface area contributed by atoms with Gasteiger partial charge in [0.1, 0.15) is 11.5 Å². The third kappa shape index (κ3) is 3.45. The molecule has 1 atom stereocenters. The summed E-state index contributed by atoms with van der Waals surface area (Å²) in [7, 11) is 1.33. The van der Waals surface area contributed by atoms with E-state index in [1.54, 1.807) is 36.4 Å². The summed E-state index contributed by atoms with van der Waals surface area (Å²) in [6.07, 6.45) is 0. The highest BCUT2D eigenvalue weighted by molar-refractivity contribution is 5.95. The number of hydrogen-bond acceptors (Lipinski definition) is 5. The van der Waals surface area contributed by atoms with Crippen molar-refractivity contribution >= 4 is 11.7 Å². The number of para-hydroxylation sites is 1. The van der Waals surface area contributed by atoms with E-state index in [4.69, 9.17) is 4.74 Å². The van der Waals surface area contributed by atoms with Crippen molar-refractivity contribution in [2.75, 3.05) is 12.4 Å². The van der Waals surface area contributed by atoms with E-state index in [1.807, 2.05) is 6.92 Å². The molecule has 0 spiro atoms. The molecular weight excluding hydrogens is 270 g/mol. The summed E-state index contributed by atoms with van der Waals surface area (Å²) in [5, 5.41) is 22.2. The van der Waals surface area contributed by atoms with E-state index in [1.165, 1.54) is 13.2 Å². The molecule has 0 aliphatic heterocycles. The van der Waals surface area contributed by atoms with E-state index < -0.39 is 5.97 Å². The summed E-state index contributed by atoms with van der Waals surface area (Å²) >= 11 is 0. The average Bonchev–Trinajstić information content (AvgIpc) is 2.46. The van der Waals surface area contributed by atoms with E-state index in [9.17, 15) is 15.0 Å². The Hall–Kier alpha value is -2.69. The molecule has 110 valence electrons. The number of benzene rings is 2. The lowest BCUT2D eigenvalue weighted by Gasteiger charge is -2.18. The van der Waals surface area contributed by atoms with Crippen LogP contribution in [0.4, 0.5) is 5.69 Å². The molecule has 0 radical (unpaired) electrons. The summed E-state index contributed by atoms with van der Waals surface area (Å²) < 4.78 is 4.74. The van der Waals surface area contributed by atoms with E-state index in [0.29, 0.717) is 16.8 Å². The van der Waals surface area contributed by atoms with Crippen molar-refractivity contribution in [1.82, 2.24) is 0 Å². The van der Waals surface area contributed by atoms with Crippen LogP contribution in [0.5, 0.6) is 11.5 Å². The minimum absolute atomic E-state index is 0.0140. The number of nitrogens with one attached hydrogen (secondary N) is 1. The number of carbonyl (C=O) groups excluding carboxylic acids is 1. The van der Waals surface area contributed by atoms with Gasteiger partial charge >= 0.3 is 5.97 Å². The fourth-order valence-corrected chi connectivity index (χ4v) is 2.08. The highest BCUT2D eigenvalue weighted by Gasteiger charge is 2.14. The van der Waals surface area contributed by atoms with Gasteiger partial charge in [0, 0.05) is 17.8 Å². The van der Waals surface area contributed by atoms with Gasteiger partial charge < -0.3 is 20.3 Å². The molecule has 0 aliphatic rings. The third-order valence-corrected chi connectivity index (χ3v) is 3.13. The van der Waals surface area contributed by atoms with Crippen molar-refractivity contribution in [2.45, 2.75) is 13.0 Å². The van der Waals surface area contributed by atoms with Crippen molar-refractivity contribution in [2.24, 2.45) is 0 Å². The maximum absolute atomic E-state index is 11.7. The zero-order chi connectivity index (χ0) is 15.4. The van der Waals surface area contributed by atoms with Crippen LogP contribution in [0.25, 0.3) is 0 Å². The number of hydrogen-bond donors (Lipinski definition) is 3. The second-order valence-corrected chi connectivity index (χ2v) is 4.69. The van der Waals surface area contributed by atoms with Gasteiger partial charge in [0.15, 0.2) is 0 Å². The zero-order valence-corrected chi connectivity index (χ0v) is 11.8. The number of carbonyl (C=O) groups is 1. The molecule has 21 heavy (non-hydrogen) atoms. The summed E-state index contributed by atoms with van der Waals surface area (Å²) in [5.41, 5.74) is 1.75. The molecule has 0 heterocycles. The van der Waals surface area contributed by atoms with Crippen LogP contribution < -0.4 is 5.32 Å². The van der Waals surface area contributed by atoms with Crippen LogP contribution in [-0.2, 0) is 4.74 Å². The summed E-state index contributed by atoms with van der Waals surface area (Å²) in [5.74, 6) is -0.455. The maximum Gasteiger partial charge on any atom is 0.339 e. The minimum Gasteiger partial charge on any atom is -0.508 e. The lowest BCUT2D eigenvalue weighted by atomic mass is 10.1. The van der Waals surface area contributed by atoms with Gasteiger partial charge in [-0.25, -0.2) is 4.79 Å². The van der Waals surface area contributed by atoms with Crippen molar-refractivity contribution in [3.05, 3.63) is 53.6 Å². The Labute approximate surface area is 122 Å². The lowest BCUT2D eigenvalue weighted by Crippen LogP contribution is -2.11. The Morgan fingerprint density at radius 2 is 1.76 bits per heavy atom. The predicted molar refractivity (Wildman–Crippen MR) is 79.6 cm³/mol. The average molecular weight is 287 g/mol. The van der Waals surface area contributed by atoms with Crippen molar-refractivity contribution in [1.29, 1.82) is 0 Å². The number of esters is 1. The minimum atomic E-state index is -0.427. The number of phenolic OH excluding ortho intramolecular Hbond substituents is 2. The van der Waals surface area contributed by atoms with Crippen molar-refractivity contribution < 1.29 is 19.7 Å². The summed E-state index contributed by atoms with van der Waals surface area (Å²) in [4.78, 5) is 11.7. The first-order valence-electron chi connectivity index (χ1n) is 6.48. The van der Waals surface area contributed by atoms with E-state index in [0.717, 1.165) is 0 Å². The zero-order valence-electron chi connectivity index (χ0n) is 11.8. The van der Waals surface area contributed by atoms with Crippen LogP contribution in [0.1, 0.15) is 28.9 Å². The van der Waals surface area contributed by atoms with E-state index in [2.05, 4.69) is 5.32 Å². The van der Waals surface area contributed by atoms with E-state index >= 15 is 0 Å². The number of phenols is 2. The lowest BCUT2D eigenvalue weighted by molar-refractivity contribution is 0.0602. The maximum atomic E-state index is 11.7. The third-order valence-electron chi connectivity index (χ3n) is 3.13. The van der Waals surface area contributed by atoms with Gasteiger partial charge in [-0.1, -0.05) is 12.1 Å². The van der Waals surface area contributed by atoms with Gasteiger partial charge in [-0.2, -0.15) is 0 Å². The molecular formula is C16H17NO4. The van der Waals surface area contributed by atoms with E-state index in [-0.39, 0.29) is 17.5 Å². The van der Waals surface area contributed by atoms with Gasteiger partial charge in [0.2, 0.25) is 0 Å². The molecule has 0 amide bonds. The molecule has 2 rings (SSSR count). The topological polar surface area (TPSA) is 78.8 Å². The summed E-state index contributed by atoms with van der Waals surface area (Å²) in [6, 6.07) is 11.2. The SMILES string of the molecule is COC(=O)c1ccccc1NC(C)c1cc(O)cc(O)c1. The van der Waals surface area contributed by atoms with Crippen LogP contribution in [-0.4, -0.2) is 23.3 Å². The van der Waals surface area contributed by atoms with Crippen LogP contribution in [0.2, 0.25) is 0 Å². The molecule has 2 aromatic rings. The molecule has 0 aliphatic carbocycles. The van der Waals surface area contributed by atoms with Gasteiger partial charge in [0.05, 0.1) is 12.7 Å². The predicted octanol–water partition coefficient (Wildman–Crippen LogP) is 3.06. The number of rotatable bonds is 4. The Kier molecular flexibility index (Phi) is 4.33. The Balaban J connectivity index is 2.27. The molecule has 5 nitrogen and oxygen atoms in total. The standard InChI is InChI=1S/C16H17NO4/c1-10(11-7-12(18)9-13(19)8-11)17-15-6-4-3-5-14(15)16(20)21-2/h3-10,17-19H,1-2H3. The molecule has 5 heteroatoms. The normalized spacial score (nSPS) is 11.7. The molecule has 2 aromatic carbocycles. The second-order valence-electron chi connectivity index (χ2n) is 4.69. The largest absolute Gasteiger partial charge is 0.508 e. The Morgan fingerprint density at radius 3 is 2.38 bits per heavy atom. The molecule has 0 saturated heterocycles. The van der Waals surface area contributed by atoms with Gasteiger partial charge in [-0.3, -0.25) is 0 Å². The van der Waals surface area contributed by atoms with Crippen LogP contribution in [0.15, 0.2) is 42.5 Å². The van der Waals surface area contributed by atoms with Crippen molar-refractivity contribution in [3.63, 3.8) is 0 Å². The summed E-state index contributed by atoms with van der Waals surface area (Å²) in [6.45, 7) is 1.86. The fourth-order valence-electron chi connectivity index (χ4n) is 2.08. The Morgan fingerprint density at radius 1 is 1.14 bits per heavy atom. The Bertz CT molecular complexity index is 634. The first kappa shape index (κ1) is 14.7. The number of aromatic hydroxyl groups is 2. The quantitative estimate of drug-likeness (QED) is 0.753. The van der Waals surface area contributed by atoms with Crippen molar-refractivity contribution in [3.8, 4) is 11.5 Å². The molecule has 0 aromatic heterocycles. The fraction of sp³-hybridized carbons (Fsp3) is 0.188. The van der Waals surface area contributed by atoms with Crippen LogP contribution in [0.3, 0.4) is 0 Å². The number of ether oxygens (including phenoxy) is 1. The van der Waals surface area contributed by atoms with Crippen LogP contribution in [0, 0.1) is 0 Å². The van der Waals surface area contributed by atoms with Gasteiger partial charge in [0.25, 0.3) is 0 Å². The molecule has 0 fully saturated rings. The molecule has 1 unspecified atom stereocenters. The molecule has 0 bridgehead atoms. The van der Waals surface area contributed by atoms with Gasteiger partial charge in [-0.15, -0.1) is 0 Å². The number of anilines is 1. The van der Waals surface area contributed by atoms with Gasteiger partial charge in [-0.05, 0) is 36.8 Å². The highest BCUT2D eigenvalue weighted by Crippen LogP contribution is 2.28.